The Morgan fingerprint density at radius 1 is 1.07 bits per heavy atom. The summed E-state index contributed by atoms with van der Waals surface area (Å²) in [4.78, 5) is 4.51. The Balaban J connectivity index is 1.56. The summed E-state index contributed by atoms with van der Waals surface area (Å²) in [5.41, 5.74) is 2.75. The number of fused-ring (bicyclic) bond motifs is 4. The third kappa shape index (κ3) is 4.05. The molecule has 2 aliphatic rings. The fourth-order valence-corrected chi connectivity index (χ4v) is 3.87. The lowest BCUT2D eigenvalue weighted by Crippen LogP contribution is -2.21. The number of rotatable bonds is 1. The second kappa shape index (κ2) is 8.71. The molecular formula is C21H27N5O4. The summed E-state index contributed by atoms with van der Waals surface area (Å²) in [6, 6.07) is 1.95. The molecule has 3 aromatic rings. The molecule has 5 heterocycles. The van der Waals surface area contributed by atoms with Crippen LogP contribution in [0.25, 0.3) is 22.2 Å². The Morgan fingerprint density at radius 2 is 2.03 bits per heavy atom. The van der Waals surface area contributed by atoms with Crippen LogP contribution in [-0.2, 0) is 20.8 Å². The topological polar surface area (TPSA) is 85.5 Å². The van der Waals surface area contributed by atoms with Crippen molar-refractivity contribution in [2.45, 2.75) is 45.1 Å². The van der Waals surface area contributed by atoms with Crippen LogP contribution in [0, 0.1) is 0 Å². The molecule has 9 heteroatoms. The molecule has 3 aromatic heterocycles. The standard InChI is InChI=1S/C21H27N5O4/c1-15-14-30-19-10-17-18(12-22-19)26(20-4-2-3-6-29-20)24-21(17)16-11-23-25(13-16)5-7-27-8-9-28-15/h10-13,15,20H,2-9,14H2,1H3/t15-,20?/m0/s1. The van der Waals surface area contributed by atoms with Gasteiger partial charge in [-0.05, 0) is 26.2 Å². The predicted octanol–water partition coefficient (Wildman–Crippen LogP) is 2.81. The van der Waals surface area contributed by atoms with Crippen molar-refractivity contribution < 1.29 is 18.9 Å². The van der Waals surface area contributed by atoms with Gasteiger partial charge in [0.05, 0.1) is 50.4 Å². The van der Waals surface area contributed by atoms with E-state index >= 15 is 0 Å². The van der Waals surface area contributed by atoms with Gasteiger partial charge in [-0.2, -0.15) is 10.2 Å². The largest absolute Gasteiger partial charge is 0.475 e. The molecule has 1 unspecified atom stereocenters. The number of pyridine rings is 1. The minimum absolute atomic E-state index is 0.0530. The van der Waals surface area contributed by atoms with E-state index in [0.717, 1.165) is 48.0 Å². The zero-order valence-electron chi connectivity index (χ0n) is 17.2. The lowest BCUT2D eigenvalue weighted by molar-refractivity contribution is -0.0365. The van der Waals surface area contributed by atoms with Crippen LogP contribution >= 0.6 is 0 Å². The summed E-state index contributed by atoms with van der Waals surface area (Å²) in [6.45, 7) is 5.48. The summed E-state index contributed by atoms with van der Waals surface area (Å²) in [7, 11) is 0. The molecule has 0 amide bonds. The van der Waals surface area contributed by atoms with Crippen LogP contribution in [-0.4, -0.2) is 63.7 Å². The smallest absolute Gasteiger partial charge is 0.214 e. The first-order valence-corrected chi connectivity index (χ1v) is 10.6. The van der Waals surface area contributed by atoms with Crippen LogP contribution in [0.5, 0.6) is 5.88 Å². The quantitative estimate of drug-likeness (QED) is 0.606. The third-order valence-electron chi connectivity index (χ3n) is 5.46. The zero-order chi connectivity index (χ0) is 20.3. The monoisotopic (exact) mass is 413 g/mol. The summed E-state index contributed by atoms with van der Waals surface area (Å²) < 4.78 is 27.1. The normalized spacial score (nSPS) is 23.5. The van der Waals surface area contributed by atoms with Crippen LogP contribution in [0.1, 0.15) is 32.4 Å². The van der Waals surface area contributed by atoms with Crippen molar-refractivity contribution in [2.24, 2.45) is 0 Å². The lowest BCUT2D eigenvalue weighted by atomic mass is 10.1. The van der Waals surface area contributed by atoms with E-state index < -0.39 is 0 Å². The Bertz CT molecular complexity index is 995. The highest BCUT2D eigenvalue weighted by Gasteiger charge is 2.23. The van der Waals surface area contributed by atoms with E-state index in [1.807, 2.05) is 40.9 Å². The molecule has 30 heavy (non-hydrogen) atoms. The van der Waals surface area contributed by atoms with Crippen molar-refractivity contribution in [3.8, 4) is 17.1 Å². The number of hydrogen-bond donors (Lipinski definition) is 0. The van der Waals surface area contributed by atoms with Gasteiger partial charge in [-0.25, -0.2) is 9.67 Å². The molecule has 2 aliphatic heterocycles. The lowest BCUT2D eigenvalue weighted by Gasteiger charge is -2.23. The van der Waals surface area contributed by atoms with Crippen LogP contribution in [0.3, 0.4) is 0 Å². The van der Waals surface area contributed by atoms with Gasteiger partial charge in [0.25, 0.3) is 0 Å². The molecule has 9 nitrogen and oxygen atoms in total. The molecule has 0 aliphatic carbocycles. The second-order valence-corrected chi connectivity index (χ2v) is 7.75. The number of aromatic nitrogens is 5. The molecule has 0 spiro atoms. The van der Waals surface area contributed by atoms with Gasteiger partial charge in [0.15, 0.2) is 6.23 Å². The molecule has 0 aromatic carbocycles. The average Bonchev–Trinajstić information content (AvgIpc) is 3.39. The highest BCUT2D eigenvalue weighted by Crippen LogP contribution is 2.33. The molecule has 0 N–H and O–H groups in total. The molecule has 160 valence electrons. The number of ether oxygens (including phenoxy) is 4. The Morgan fingerprint density at radius 3 is 2.93 bits per heavy atom. The first-order chi connectivity index (χ1) is 14.8. The summed E-state index contributed by atoms with van der Waals surface area (Å²) >= 11 is 0. The van der Waals surface area contributed by atoms with E-state index in [-0.39, 0.29) is 12.3 Å². The molecule has 4 bridgehead atoms. The van der Waals surface area contributed by atoms with Gasteiger partial charge in [-0.15, -0.1) is 0 Å². The molecule has 1 saturated heterocycles. The maximum absolute atomic E-state index is 6.00. The number of hydrogen-bond acceptors (Lipinski definition) is 7. The summed E-state index contributed by atoms with van der Waals surface area (Å²) in [5.74, 6) is 0.555. The third-order valence-corrected chi connectivity index (χ3v) is 5.46. The highest BCUT2D eigenvalue weighted by molar-refractivity contribution is 5.93. The zero-order valence-corrected chi connectivity index (χ0v) is 17.2. The first-order valence-electron chi connectivity index (χ1n) is 10.6. The number of nitrogens with zero attached hydrogens (tertiary/aromatic N) is 5. The van der Waals surface area contributed by atoms with Crippen molar-refractivity contribution in [2.75, 3.05) is 33.0 Å². The van der Waals surface area contributed by atoms with Gasteiger partial charge in [0.2, 0.25) is 5.88 Å². The molecular weight excluding hydrogens is 386 g/mol. The fourth-order valence-electron chi connectivity index (χ4n) is 3.87. The maximum atomic E-state index is 6.00. The van der Waals surface area contributed by atoms with Crippen molar-refractivity contribution in [3.05, 3.63) is 24.7 Å². The predicted molar refractivity (Wildman–Crippen MR) is 109 cm³/mol. The Kier molecular flexibility index (Phi) is 5.65. The molecule has 1 fully saturated rings. The first kappa shape index (κ1) is 19.5. The van der Waals surface area contributed by atoms with Gasteiger partial charge in [0, 0.05) is 29.8 Å². The maximum Gasteiger partial charge on any atom is 0.214 e. The SMILES string of the molecule is C[C@H]1COc2cc3c(nn(C4CCCCO4)c3cn2)-c2cnn(c2)CCOCCO1. The molecule has 0 saturated carbocycles. The molecule has 0 radical (unpaired) electrons. The van der Waals surface area contributed by atoms with E-state index in [0.29, 0.717) is 38.9 Å². The molecule has 5 rings (SSSR count). The van der Waals surface area contributed by atoms with Crippen molar-refractivity contribution >= 4 is 10.9 Å². The summed E-state index contributed by atoms with van der Waals surface area (Å²) in [6.07, 6.45) is 8.71. The van der Waals surface area contributed by atoms with Gasteiger partial charge < -0.3 is 18.9 Å². The van der Waals surface area contributed by atoms with Gasteiger partial charge in [-0.3, -0.25) is 4.68 Å². The van der Waals surface area contributed by atoms with Gasteiger partial charge >= 0.3 is 0 Å². The fraction of sp³-hybridized carbons (Fsp3) is 0.571. The van der Waals surface area contributed by atoms with Crippen LogP contribution in [0.4, 0.5) is 0 Å². The Labute approximate surface area is 174 Å². The molecule has 2 atom stereocenters. The van der Waals surface area contributed by atoms with E-state index in [1.165, 1.54) is 0 Å². The second-order valence-electron chi connectivity index (χ2n) is 7.75. The van der Waals surface area contributed by atoms with Gasteiger partial charge in [-0.1, -0.05) is 0 Å². The van der Waals surface area contributed by atoms with Crippen LogP contribution in [0.2, 0.25) is 0 Å². The van der Waals surface area contributed by atoms with E-state index in [9.17, 15) is 0 Å². The van der Waals surface area contributed by atoms with Crippen molar-refractivity contribution in [3.63, 3.8) is 0 Å². The van der Waals surface area contributed by atoms with Crippen molar-refractivity contribution in [1.82, 2.24) is 24.5 Å². The van der Waals surface area contributed by atoms with E-state index in [4.69, 9.17) is 24.0 Å². The van der Waals surface area contributed by atoms with E-state index in [1.54, 1.807) is 0 Å². The van der Waals surface area contributed by atoms with Crippen LogP contribution < -0.4 is 4.74 Å². The minimum Gasteiger partial charge on any atom is -0.475 e. The summed E-state index contributed by atoms with van der Waals surface area (Å²) in [5, 5.41) is 10.4. The van der Waals surface area contributed by atoms with Crippen molar-refractivity contribution in [1.29, 1.82) is 0 Å². The highest BCUT2D eigenvalue weighted by atomic mass is 16.6. The van der Waals surface area contributed by atoms with E-state index in [2.05, 4.69) is 10.1 Å². The minimum atomic E-state index is -0.0745. The van der Waals surface area contributed by atoms with Crippen LogP contribution in [0.15, 0.2) is 24.7 Å². The average molecular weight is 413 g/mol. The van der Waals surface area contributed by atoms with Gasteiger partial charge in [0.1, 0.15) is 12.3 Å². The Hall–Kier alpha value is -2.49.